The van der Waals surface area contributed by atoms with Crippen LogP contribution in [0.3, 0.4) is 0 Å². The highest BCUT2D eigenvalue weighted by Gasteiger charge is 2.24. The van der Waals surface area contributed by atoms with Crippen molar-refractivity contribution in [2.24, 2.45) is 0 Å². The highest BCUT2D eigenvalue weighted by Crippen LogP contribution is 2.37. The molecule has 1 aliphatic heterocycles. The van der Waals surface area contributed by atoms with E-state index in [0.29, 0.717) is 6.26 Å². The van der Waals surface area contributed by atoms with Crippen molar-refractivity contribution < 1.29 is 13.0 Å². The largest absolute Gasteiger partial charge is 0.339 e. The van der Waals surface area contributed by atoms with Gasteiger partial charge >= 0.3 is 0 Å². The lowest BCUT2D eigenvalue weighted by Crippen LogP contribution is -2.13. The second-order valence-corrected chi connectivity index (χ2v) is 7.38. The van der Waals surface area contributed by atoms with E-state index in [1.54, 1.807) is 0 Å². The maximum Gasteiger partial charge on any atom is 0.261 e. The Hall–Kier alpha value is -2.12. The van der Waals surface area contributed by atoms with Crippen LogP contribution in [0.25, 0.3) is 22.3 Å². The number of imidazole rings is 1. The predicted octanol–water partition coefficient (Wildman–Crippen LogP) is 2.89. The fourth-order valence-corrected chi connectivity index (χ4v) is 3.41. The molecule has 0 amide bonds. The van der Waals surface area contributed by atoms with Crippen LogP contribution in [0, 0.1) is 6.92 Å². The van der Waals surface area contributed by atoms with Gasteiger partial charge in [-0.05, 0) is 31.9 Å². The molecule has 2 aromatic heterocycles. The first-order chi connectivity index (χ1) is 11.3. The lowest BCUT2D eigenvalue weighted by Gasteiger charge is -2.19. The van der Waals surface area contributed by atoms with E-state index in [0.717, 1.165) is 25.3 Å². The molecule has 1 aromatic carbocycles. The standard InChI is InChI=1S/C16H17N3.CH4O3S/c1-3-18-14-7-5-4-6-12(14)13-8-9-19-11(2)17-10-15(19)16(13)18;1-5(2,3)4/h4-7,10H,3,8-9H2,1-2H3;1H3,(H,2,3,4). The molecule has 7 heteroatoms. The number of hydrogen-bond donors (Lipinski definition) is 1. The minimum absolute atomic E-state index is 0.715. The van der Waals surface area contributed by atoms with Gasteiger partial charge in [0.1, 0.15) is 5.82 Å². The third-order valence-corrected chi connectivity index (χ3v) is 4.28. The van der Waals surface area contributed by atoms with Gasteiger partial charge in [-0.1, -0.05) is 18.2 Å². The fraction of sp³-hybridized carbons (Fsp3) is 0.353. The average molecular weight is 347 g/mol. The highest BCUT2D eigenvalue weighted by atomic mass is 32.2. The Labute approximate surface area is 141 Å². The summed E-state index contributed by atoms with van der Waals surface area (Å²) in [4.78, 5) is 4.49. The van der Waals surface area contributed by atoms with Crippen LogP contribution in [0.2, 0.25) is 0 Å². The Morgan fingerprint density at radius 3 is 2.62 bits per heavy atom. The normalized spacial score (nSPS) is 13.2. The van der Waals surface area contributed by atoms with E-state index in [1.807, 2.05) is 6.20 Å². The zero-order valence-electron chi connectivity index (χ0n) is 14.0. The number of para-hydroxylation sites is 1. The van der Waals surface area contributed by atoms with Crippen LogP contribution in [0.4, 0.5) is 0 Å². The number of benzene rings is 1. The Morgan fingerprint density at radius 2 is 1.96 bits per heavy atom. The van der Waals surface area contributed by atoms with Gasteiger partial charge in [0.2, 0.25) is 0 Å². The number of hydrogen-bond acceptors (Lipinski definition) is 3. The molecule has 6 nitrogen and oxygen atoms in total. The topological polar surface area (TPSA) is 77.1 Å². The molecule has 128 valence electrons. The first-order valence-corrected chi connectivity index (χ1v) is 9.71. The molecule has 0 atom stereocenters. The smallest absolute Gasteiger partial charge is 0.261 e. The molecule has 0 bridgehead atoms. The van der Waals surface area contributed by atoms with Gasteiger partial charge in [0.25, 0.3) is 10.1 Å². The van der Waals surface area contributed by atoms with Gasteiger partial charge in [0.15, 0.2) is 0 Å². The van der Waals surface area contributed by atoms with Crippen molar-refractivity contribution in [1.82, 2.24) is 14.1 Å². The van der Waals surface area contributed by atoms with Gasteiger partial charge in [-0.15, -0.1) is 0 Å². The van der Waals surface area contributed by atoms with Crippen LogP contribution < -0.4 is 0 Å². The van der Waals surface area contributed by atoms with E-state index in [2.05, 4.69) is 52.2 Å². The van der Waals surface area contributed by atoms with Crippen molar-refractivity contribution in [3.05, 3.63) is 41.9 Å². The zero-order chi connectivity index (χ0) is 17.5. The molecular weight excluding hydrogens is 326 g/mol. The number of rotatable bonds is 1. The molecule has 4 rings (SSSR count). The molecule has 3 aromatic rings. The Kier molecular flexibility index (Phi) is 4.23. The predicted molar refractivity (Wildman–Crippen MR) is 94.7 cm³/mol. The van der Waals surface area contributed by atoms with Gasteiger partial charge in [0.05, 0.1) is 23.8 Å². The van der Waals surface area contributed by atoms with Gasteiger partial charge in [-0.25, -0.2) is 4.98 Å². The van der Waals surface area contributed by atoms with Gasteiger partial charge < -0.3 is 9.13 Å². The van der Waals surface area contributed by atoms with Crippen molar-refractivity contribution in [3.8, 4) is 11.4 Å². The first-order valence-electron chi connectivity index (χ1n) is 7.86. The van der Waals surface area contributed by atoms with E-state index in [9.17, 15) is 8.42 Å². The van der Waals surface area contributed by atoms with E-state index in [1.165, 1.54) is 27.9 Å². The van der Waals surface area contributed by atoms with E-state index < -0.39 is 10.1 Å². The van der Waals surface area contributed by atoms with Crippen LogP contribution in [-0.2, 0) is 29.6 Å². The molecular formula is C17H21N3O3S. The number of aromatic nitrogens is 3. The van der Waals surface area contributed by atoms with Crippen molar-refractivity contribution >= 4 is 21.0 Å². The summed E-state index contributed by atoms with van der Waals surface area (Å²) in [5.74, 6) is 1.12. The summed E-state index contributed by atoms with van der Waals surface area (Å²) in [5, 5.41) is 1.41. The minimum atomic E-state index is -3.67. The summed E-state index contributed by atoms with van der Waals surface area (Å²) >= 11 is 0. The molecule has 0 saturated heterocycles. The second kappa shape index (κ2) is 6.07. The van der Waals surface area contributed by atoms with Crippen molar-refractivity contribution in [1.29, 1.82) is 0 Å². The summed E-state index contributed by atoms with van der Waals surface area (Å²) in [6.45, 7) is 6.36. The Bertz CT molecular complexity index is 959. The number of fused-ring (bicyclic) bond motifs is 5. The van der Waals surface area contributed by atoms with Crippen LogP contribution in [-0.4, -0.2) is 33.3 Å². The lowest BCUT2D eigenvalue weighted by molar-refractivity contribution is 0.490. The monoisotopic (exact) mass is 347 g/mol. The summed E-state index contributed by atoms with van der Waals surface area (Å²) in [6.07, 6.45) is 3.85. The molecule has 0 unspecified atom stereocenters. The minimum Gasteiger partial charge on any atom is -0.339 e. The quantitative estimate of drug-likeness (QED) is 0.687. The molecule has 0 radical (unpaired) electrons. The lowest BCUT2D eigenvalue weighted by atomic mass is 10.0. The molecule has 0 saturated carbocycles. The Balaban J connectivity index is 0.000000300. The second-order valence-electron chi connectivity index (χ2n) is 5.91. The van der Waals surface area contributed by atoms with Crippen molar-refractivity contribution in [2.75, 3.05) is 6.26 Å². The number of nitrogens with zero attached hydrogens (tertiary/aromatic N) is 3. The molecule has 0 fully saturated rings. The number of aryl methyl sites for hydroxylation is 3. The molecule has 1 aliphatic rings. The molecule has 0 spiro atoms. The van der Waals surface area contributed by atoms with E-state index in [4.69, 9.17) is 4.55 Å². The summed E-state index contributed by atoms with van der Waals surface area (Å²) < 4.78 is 30.6. The maximum atomic E-state index is 9.19. The van der Waals surface area contributed by atoms with Crippen molar-refractivity contribution in [2.45, 2.75) is 33.4 Å². The van der Waals surface area contributed by atoms with Crippen molar-refractivity contribution in [3.63, 3.8) is 0 Å². The van der Waals surface area contributed by atoms with E-state index >= 15 is 0 Å². The summed E-state index contributed by atoms with van der Waals surface area (Å²) in [6, 6.07) is 8.74. The van der Waals surface area contributed by atoms with Gasteiger partial charge in [-0.3, -0.25) is 4.55 Å². The average Bonchev–Trinajstić information content (AvgIpc) is 3.04. The molecule has 0 aliphatic carbocycles. The Morgan fingerprint density at radius 1 is 1.29 bits per heavy atom. The highest BCUT2D eigenvalue weighted by molar-refractivity contribution is 7.85. The van der Waals surface area contributed by atoms with Crippen LogP contribution in [0.5, 0.6) is 0 Å². The van der Waals surface area contributed by atoms with E-state index in [-0.39, 0.29) is 0 Å². The molecule has 3 heterocycles. The molecule has 1 N–H and O–H groups in total. The maximum absolute atomic E-state index is 9.19. The van der Waals surface area contributed by atoms with Gasteiger partial charge in [0, 0.05) is 24.0 Å². The third-order valence-electron chi connectivity index (χ3n) is 4.28. The SMILES string of the molecule is CCn1c2c(c3ccccc31)CCn1c-2cnc1C.CS(=O)(=O)O. The molecule has 24 heavy (non-hydrogen) atoms. The fourth-order valence-electron chi connectivity index (χ4n) is 3.41. The zero-order valence-corrected chi connectivity index (χ0v) is 14.8. The van der Waals surface area contributed by atoms with Crippen LogP contribution >= 0.6 is 0 Å². The van der Waals surface area contributed by atoms with Crippen LogP contribution in [0.1, 0.15) is 18.3 Å². The van der Waals surface area contributed by atoms with Crippen LogP contribution in [0.15, 0.2) is 30.5 Å². The first kappa shape index (κ1) is 16.7. The third kappa shape index (κ3) is 2.97. The summed E-state index contributed by atoms with van der Waals surface area (Å²) in [5.41, 5.74) is 5.49. The summed E-state index contributed by atoms with van der Waals surface area (Å²) in [7, 11) is -3.67. The van der Waals surface area contributed by atoms with Gasteiger partial charge in [-0.2, -0.15) is 8.42 Å².